The molecule has 0 aliphatic carbocycles. The Balaban J connectivity index is 0.00000578. The van der Waals surface area contributed by atoms with Crippen LogP contribution in [0.15, 0.2) is 144 Å². The van der Waals surface area contributed by atoms with E-state index in [1.165, 1.54) is 10.9 Å². The summed E-state index contributed by atoms with van der Waals surface area (Å²) in [6.07, 6.45) is 1.85. The molecule has 0 spiro atoms. The number of benzene rings is 7. The summed E-state index contributed by atoms with van der Waals surface area (Å²) in [5, 5.41) is 17.0. The van der Waals surface area contributed by atoms with Crippen molar-refractivity contribution in [3.05, 3.63) is 168 Å². The van der Waals surface area contributed by atoms with Crippen LogP contribution in [0.3, 0.4) is 0 Å². The van der Waals surface area contributed by atoms with Crippen LogP contribution < -0.4 is 0 Å². The normalized spacial score (nSPS) is 12.6. The number of hydrogen-bond acceptors (Lipinski definition) is 4. The van der Waals surface area contributed by atoms with Gasteiger partial charge in [-0.25, -0.2) is 4.98 Å². The Morgan fingerprint density at radius 2 is 1.21 bits per heavy atom. The first-order chi connectivity index (χ1) is 31.6. The second-order valence-electron chi connectivity index (χ2n) is 22.5. The molecule has 3 heterocycles. The summed E-state index contributed by atoms with van der Waals surface area (Å²) < 4.78 is 8.65. The van der Waals surface area contributed by atoms with Gasteiger partial charge in [0.15, 0.2) is 5.58 Å². The molecule has 7 aromatic carbocycles. The molecule has 0 unspecified atom stereocenters. The Morgan fingerprint density at radius 1 is 0.544 bits per heavy atom. The van der Waals surface area contributed by atoms with Crippen molar-refractivity contribution in [1.29, 1.82) is 0 Å². The Bertz CT molecular complexity index is 3570. The van der Waals surface area contributed by atoms with Gasteiger partial charge in [0, 0.05) is 48.7 Å². The fourth-order valence-electron chi connectivity index (χ4n) is 9.48. The number of pyridine rings is 1. The molecule has 0 aliphatic heterocycles. The third-order valence-corrected chi connectivity index (χ3v) is 13.4. The van der Waals surface area contributed by atoms with Crippen LogP contribution in [0.25, 0.3) is 94.3 Å². The molecule has 0 aliphatic rings. The molecule has 0 saturated heterocycles. The molecule has 10 aromatic rings. The summed E-state index contributed by atoms with van der Waals surface area (Å²) in [5.74, 6) is 0.923. The number of phenolic OH excluding ortho intramolecular Hbond substituents is 1. The summed E-state index contributed by atoms with van der Waals surface area (Å²) in [7, 11) is 0. The topological polar surface area (TPSA) is 64.1 Å². The smallest absolute Gasteiger partial charge is 0.152 e. The van der Waals surface area contributed by atoms with E-state index in [0.717, 1.165) is 94.2 Å². The fraction of sp³-hybridized carbons (Fsp3) is 0.258. The molecule has 0 atom stereocenters. The van der Waals surface area contributed by atoms with Gasteiger partial charge >= 0.3 is 0 Å². The van der Waals surface area contributed by atoms with E-state index in [1.54, 1.807) is 0 Å². The monoisotopic (exact) mass is 1070 g/mol. The van der Waals surface area contributed by atoms with Crippen LogP contribution >= 0.6 is 0 Å². The van der Waals surface area contributed by atoms with Crippen molar-refractivity contribution < 1.29 is 30.6 Å². The van der Waals surface area contributed by atoms with E-state index >= 15 is 0 Å². The number of furan rings is 1. The van der Waals surface area contributed by atoms with Gasteiger partial charge in [0.2, 0.25) is 0 Å². The van der Waals surface area contributed by atoms with Crippen LogP contribution in [0.4, 0.5) is 0 Å². The predicted octanol–water partition coefficient (Wildman–Crippen LogP) is 16.8. The average Bonchev–Trinajstić information content (AvgIpc) is 3.86. The number of hydrogen-bond donors (Lipinski definition) is 1. The number of para-hydroxylation sites is 1. The predicted molar refractivity (Wildman–Crippen MR) is 281 cm³/mol. The Kier molecular flexibility index (Phi) is 11.5. The largest absolute Gasteiger partial charge is 0.507 e. The molecule has 6 heteroatoms. The average molecular weight is 1070 g/mol. The van der Waals surface area contributed by atoms with Crippen molar-refractivity contribution >= 4 is 43.7 Å². The van der Waals surface area contributed by atoms with E-state index in [-0.39, 0.29) is 48.5 Å². The summed E-state index contributed by atoms with van der Waals surface area (Å²) in [6, 6.07) is 51.4. The van der Waals surface area contributed by atoms with Gasteiger partial charge < -0.3 is 9.52 Å². The van der Waals surface area contributed by atoms with Crippen molar-refractivity contribution in [2.75, 3.05) is 0 Å². The van der Waals surface area contributed by atoms with E-state index in [4.69, 9.17) is 14.4 Å². The van der Waals surface area contributed by atoms with Gasteiger partial charge in [-0.3, -0.25) is 9.55 Å². The number of imidazole rings is 1. The minimum atomic E-state index is -0.336. The Morgan fingerprint density at radius 3 is 1.91 bits per heavy atom. The molecule has 1 N–H and O–H groups in total. The zero-order valence-electron chi connectivity index (χ0n) is 41.3. The van der Waals surface area contributed by atoms with Crippen LogP contribution in [-0.4, -0.2) is 19.6 Å². The van der Waals surface area contributed by atoms with Crippen molar-refractivity contribution in [2.24, 2.45) is 0 Å². The van der Waals surface area contributed by atoms with Crippen LogP contribution in [0.5, 0.6) is 5.75 Å². The Hall–Kier alpha value is -6.29. The maximum Gasteiger partial charge on any atom is 0.152 e. The van der Waals surface area contributed by atoms with Gasteiger partial charge in [0.05, 0.1) is 28.5 Å². The molecule has 0 bridgehead atoms. The van der Waals surface area contributed by atoms with E-state index in [2.05, 4.69) is 227 Å². The van der Waals surface area contributed by atoms with Gasteiger partial charge in [0.1, 0.15) is 17.2 Å². The van der Waals surface area contributed by atoms with Crippen LogP contribution in [0.2, 0.25) is 0 Å². The van der Waals surface area contributed by atoms with E-state index in [0.29, 0.717) is 11.4 Å². The molecule has 3 aromatic heterocycles. The molecule has 10 rings (SSSR count). The first-order valence-electron chi connectivity index (χ1n) is 23.5. The van der Waals surface area contributed by atoms with E-state index in [9.17, 15) is 5.11 Å². The third kappa shape index (κ3) is 8.27. The van der Waals surface area contributed by atoms with Gasteiger partial charge in [-0.05, 0) is 79.5 Å². The quantitative estimate of drug-likeness (QED) is 0.174. The van der Waals surface area contributed by atoms with E-state index < -0.39 is 0 Å². The molecular formula is C62H60N3O2Pt-. The zero-order chi connectivity index (χ0) is 47.4. The number of aromatic nitrogens is 3. The molecular weight excluding hydrogens is 1010 g/mol. The summed E-state index contributed by atoms with van der Waals surface area (Å²) in [4.78, 5) is 10.7. The van der Waals surface area contributed by atoms with Crippen LogP contribution in [0, 0.1) is 6.07 Å². The van der Waals surface area contributed by atoms with Crippen molar-refractivity contribution in [2.45, 2.75) is 105 Å². The maximum atomic E-state index is 12.6. The standard InChI is InChI=1S/C62H60N3O2.Pt/c1-59(2,3)41-26-27-51(46(32-41)37-19-14-13-15-20-37)65-52-24-18-23-45(56(52)64-58(65)48-33-43(61(7,8)9)34-49(57(48)66)62(10,11)12)39-29-40(31-42(30-39)60(4,5)6)50-35-47-54(36-63-50)67-53-28-25-38-21-16-17-22-44(38)55(47)53;/h13-28,30-36,66H,1-12H3;/q-1;. The first kappa shape index (κ1) is 46.8. The van der Waals surface area contributed by atoms with Gasteiger partial charge in [-0.2, -0.15) is 0 Å². The van der Waals surface area contributed by atoms with Gasteiger partial charge in [-0.15, -0.1) is 29.3 Å². The first-order valence-corrected chi connectivity index (χ1v) is 23.5. The van der Waals surface area contributed by atoms with Gasteiger partial charge in [0.25, 0.3) is 0 Å². The SMILES string of the molecule is CC(C)(C)c1cc(-c2cc3c(cn2)oc2ccc4ccccc4c23)[c-]c(-c2cccc3c2nc(-c2cc(C(C)(C)C)cc(C(C)(C)C)c2O)n3-c2ccc(C(C)(C)C)cc2-c2ccccc2)c1.[Pt]. The molecule has 68 heavy (non-hydrogen) atoms. The second kappa shape index (κ2) is 16.7. The maximum absolute atomic E-state index is 12.6. The number of rotatable bonds is 5. The molecule has 5 nitrogen and oxygen atoms in total. The van der Waals surface area contributed by atoms with Crippen LogP contribution in [-0.2, 0) is 42.7 Å². The summed E-state index contributed by atoms with van der Waals surface area (Å²) in [5.41, 5.74) is 14.4. The molecule has 0 saturated carbocycles. The number of fused-ring (bicyclic) bond motifs is 6. The molecule has 0 radical (unpaired) electrons. The summed E-state index contributed by atoms with van der Waals surface area (Å²) in [6.45, 7) is 26.7. The number of phenols is 1. The number of aromatic hydroxyl groups is 1. The van der Waals surface area contributed by atoms with Crippen molar-refractivity contribution in [1.82, 2.24) is 14.5 Å². The molecule has 0 fully saturated rings. The minimum Gasteiger partial charge on any atom is -0.507 e. The molecule has 0 amide bonds. The van der Waals surface area contributed by atoms with Gasteiger partial charge in [-0.1, -0.05) is 185 Å². The van der Waals surface area contributed by atoms with Crippen LogP contribution in [0.1, 0.15) is 105 Å². The van der Waals surface area contributed by atoms with Crippen molar-refractivity contribution in [3.63, 3.8) is 0 Å². The van der Waals surface area contributed by atoms with E-state index in [1.807, 2.05) is 6.20 Å². The Labute approximate surface area is 415 Å². The summed E-state index contributed by atoms with van der Waals surface area (Å²) >= 11 is 0. The van der Waals surface area contributed by atoms with Crippen molar-refractivity contribution in [3.8, 4) is 56.3 Å². The second-order valence-corrected chi connectivity index (χ2v) is 22.5. The number of nitrogens with zero attached hydrogens (tertiary/aromatic N) is 3. The fourth-order valence-corrected chi connectivity index (χ4v) is 9.48. The zero-order valence-corrected chi connectivity index (χ0v) is 43.6. The molecule has 346 valence electrons. The third-order valence-electron chi connectivity index (χ3n) is 13.4. The minimum absolute atomic E-state index is 0.